The number of benzene rings is 3. The molecule has 0 aliphatic heterocycles. The van der Waals surface area contributed by atoms with Gasteiger partial charge in [0.25, 0.3) is 5.91 Å². The van der Waals surface area contributed by atoms with Gasteiger partial charge in [0.1, 0.15) is 0 Å². The molecule has 5 aromatic rings. The summed E-state index contributed by atoms with van der Waals surface area (Å²) < 4.78 is 44.6. The van der Waals surface area contributed by atoms with Crippen LogP contribution in [-0.4, -0.2) is 63.5 Å². The summed E-state index contributed by atoms with van der Waals surface area (Å²) in [4.78, 5) is 54.7. The van der Waals surface area contributed by atoms with E-state index in [-0.39, 0.29) is 25.0 Å². The van der Waals surface area contributed by atoms with Crippen molar-refractivity contribution in [1.82, 2.24) is 30.6 Å². The van der Waals surface area contributed by atoms with Crippen LogP contribution < -0.4 is 31.3 Å². The number of halogens is 4. The lowest BCUT2D eigenvalue weighted by Gasteiger charge is -2.25. The molecular weight excluding hydrogens is 747 g/mol. The molecule has 0 unspecified atom stereocenters. The fourth-order valence-corrected chi connectivity index (χ4v) is 6.32. The first-order valence-electron chi connectivity index (χ1n) is 16.7. The number of carbonyl (C=O) groups excluding carboxylic acids is 3. The second-order valence-corrected chi connectivity index (χ2v) is 15.0. The largest absolute Gasteiger partial charge is 0.454 e. The third-order valence-corrected chi connectivity index (χ3v) is 9.49. The molecule has 18 heteroatoms. The summed E-state index contributed by atoms with van der Waals surface area (Å²) in [6, 6.07) is 18.6. The first-order valence-corrected chi connectivity index (χ1v) is 17.9. The highest BCUT2D eigenvalue weighted by Gasteiger charge is 2.45. The Labute approximate surface area is 316 Å². The molecule has 0 radical (unpaired) electrons. The van der Waals surface area contributed by atoms with Crippen molar-refractivity contribution in [3.8, 4) is 6.01 Å². The summed E-state index contributed by atoms with van der Waals surface area (Å²) >= 11 is 7.31. The van der Waals surface area contributed by atoms with E-state index in [2.05, 4.69) is 46.5 Å². The van der Waals surface area contributed by atoms with E-state index in [1.165, 1.54) is 11.3 Å². The minimum absolute atomic E-state index is 0.0100. The fourth-order valence-electron chi connectivity index (χ4n) is 5.23. The third kappa shape index (κ3) is 10.1. The van der Waals surface area contributed by atoms with Gasteiger partial charge in [-0.1, -0.05) is 55.0 Å². The first-order chi connectivity index (χ1) is 25.5. The Hall–Kier alpha value is -5.55. The zero-order chi connectivity index (χ0) is 38.7. The second-order valence-electron chi connectivity index (χ2n) is 13.6. The van der Waals surface area contributed by atoms with Crippen LogP contribution in [0, 0.1) is 12.3 Å². The van der Waals surface area contributed by atoms with Gasteiger partial charge < -0.3 is 26.0 Å². The van der Waals surface area contributed by atoms with Crippen LogP contribution in [0.2, 0.25) is 5.02 Å². The van der Waals surface area contributed by atoms with Crippen LogP contribution in [0.25, 0.3) is 10.2 Å². The maximum Gasteiger partial charge on any atom is 0.422 e. The number of aryl methyl sites for hydroxylation is 1. The van der Waals surface area contributed by atoms with Crippen LogP contribution in [0.3, 0.4) is 0 Å². The number of rotatable bonds is 13. The molecule has 1 saturated carbocycles. The summed E-state index contributed by atoms with van der Waals surface area (Å²) in [6.07, 6.45) is -3.14. The Bertz CT molecular complexity index is 2180. The number of nitrogens with one attached hydrogen (secondary N) is 5. The van der Waals surface area contributed by atoms with Crippen molar-refractivity contribution in [2.45, 2.75) is 45.3 Å². The highest BCUT2D eigenvalue weighted by atomic mass is 35.5. The quantitative estimate of drug-likeness (QED) is 0.0806. The van der Waals surface area contributed by atoms with Crippen LogP contribution >= 0.6 is 22.9 Å². The predicted molar refractivity (Wildman–Crippen MR) is 199 cm³/mol. The molecule has 0 saturated heterocycles. The maximum absolute atomic E-state index is 13.0. The zero-order valence-electron chi connectivity index (χ0n) is 29.2. The zero-order valence-corrected chi connectivity index (χ0v) is 30.8. The van der Waals surface area contributed by atoms with Crippen molar-refractivity contribution >= 4 is 73.6 Å². The van der Waals surface area contributed by atoms with E-state index in [0.29, 0.717) is 21.4 Å². The molecule has 5 N–H and O–H groups in total. The number of hydrogen-bond acceptors (Lipinski definition) is 11. The Balaban J connectivity index is 1.03. The molecule has 6 rings (SSSR count). The first kappa shape index (κ1) is 38.2. The minimum Gasteiger partial charge on any atom is -0.454 e. The van der Waals surface area contributed by atoms with E-state index in [1.54, 1.807) is 36.4 Å². The Morgan fingerprint density at radius 2 is 1.56 bits per heavy atom. The molecule has 1 aliphatic rings. The van der Waals surface area contributed by atoms with E-state index in [9.17, 15) is 27.6 Å². The predicted octanol–water partition coefficient (Wildman–Crippen LogP) is 6.74. The fraction of sp³-hybridized carbons (Fsp3) is 0.306. The van der Waals surface area contributed by atoms with Gasteiger partial charge in [0.2, 0.25) is 11.9 Å². The minimum atomic E-state index is -4.61. The average molecular weight is 782 g/mol. The van der Waals surface area contributed by atoms with E-state index in [1.807, 2.05) is 51.1 Å². The van der Waals surface area contributed by atoms with E-state index in [0.717, 1.165) is 34.2 Å². The van der Waals surface area contributed by atoms with Crippen molar-refractivity contribution in [3.05, 3.63) is 88.4 Å². The summed E-state index contributed by atoms with van der Waals surface area (Å²) in [5, 5.41) is 15.0. The summed E-state index contributed by atoms with van der Waals surface area (Å²) in [6.45, 7) is 4.26. The van der Waals surface area contributed by atoms with Crippen LogP contribution in [0.15, 0.2) is 66.7 Å². The molecule has 2 heterocycles. The monoisotopic (exact) mass is 781 g/mol. The van der Waals surface area contributed by atoms with E-state index in [4.69, 9.17) is 16.3 Å². The third-order valence-electron chi connectivity index (χ3n) is 8.31. The summed E-state index contributed by atoms with van der Waals surface area (Å²) in [7, 11) is 0. The number of amides is 3. The van der Waals surface area contributed by atoms with Gasteiger partial charge in [0, 0.05) is 29.4 Å². The van der Waals surface area contributed by atoms with E-state index < -0.39 is 47.5 Å². The molecule has 13 nitrogen and oxygen atoms in total. The molecule has 0 spiro atoms. The maximum atomic E-state index is 13.0. The number of anilines is 4. The highest BCUT2D eigenvalue weighted by Crippen LogP contribution is 2.48. The van der Waals surface area contributed by atoms with Gasteiger partial charge in [-0.25, -0.2) is 4.98 Å². The van der Waals surface area contributed by atoms with Crippen molar-refractivity contribution in [1.29, 1.82) is 0 Å². The Morgan fingerprint density at radius 3 is 2.24 bits per heavy atom. The molecule has 2 aromatic heterocycles. The van der Waals surface area contributed by atoms with Crippen LogP contribution in [0.5, 0.6) is 6.01 Å². The lowest BCUT2D eigenvalue weighted by atomic mass is 9.93. The number of fused-ring (bicyclic) bond motifs is 1. The molecular formula is C36H35ClF3N9O4S. The summed E-state index contributed by atoms with van der Waals surface area (Å²) in [5.74, 6) is -2.14. The Kier molecular flexibility index (Phi) is 10.9. The number of thiazole rings is 1. The lowest BCUT2D eigenvalue weighted by Crippen LogP contribution is -2.44. The normalized spacial score (nSPS) is 13.5. The van der Waals surface area contributed by atoms with Gasteiger partial charge in [-0.2, -0.15) is 28.1 Å². The van der Waals surface area contributed by atoms with Crippen molar-refractivity contribution < 1.29 is 32.3 Å². The molecule has 3 amide bonds. The molecule has 3 aromatic carbocycles. The number of alkyl halides is 3. The van der Waals surface area contributed by atoms with E-state index >= 15 is 0 Å². The number of carbonyl (C=O) groups is 3. The molecule has 0 atom stereocenters. The molecule has 54 heavy (non-hydrogen) atoms. The second kappa shape index (κ2) is 15.4. The van der Waals surface area contributed by atoms with Crippen LogP contribution in [-0.2, 0) is 15.1 Å². The highest BCUT2D eigenvalue weighted by molar-refractivity contribution is 7.22. The number of nitrogens with zero attached hydrogens (tertiary/aromatic N) is 4. The van der Waals surface area contributed by atoms with Gasteiger partial charge in [0.15, 0.2) is 11.7 Å². The smallest absolute Gasteiger partial charge is 0.422 e. The number of hydrogen-bond donors (Lipinski definition) is 5. The molecule has 1 aliphatic carbocycles. The lowest BCUT2D eigenvalue weighted by molar-refractivity contribution is -0.154. The van der Waals surface area contributed by atoms with Gasteiger partial charge in [-0.15, -0.1) is 0 Å². The molecule has 0 bridgehead atoms. The van der Waals surface area contributed by atoms with Gasteiger partial charge in [0.05, 0.1) is 15.8 Å². The van der Waals surface area contributed by atoms with Gasteiger partial charge in [-0.05, 0) is 84.8 Å². The molecule has 282 valence electrons. The SMILES string of the molecule is Cc1ccc2nc(NC(=O)C(=O)NCC(C)(C)CNC(=O)c3ccc(Nc4nc(NC5(c6ccc(Cl)cc6)CC5)nc(OCC(F)(F)F)n4)cc3)sc2c1. The van der Waals surface area contributed by atoms with Crippen molar-refractivity contribution in [2.75, 3.05) is 35.6 Å². The van der Waals surface area contributed by atoms with Crippen LogP contribution in [0.4, 0.5) is 35.9 Å². The average Bonchev–Trinajstić information content (AvgIpc) is 3.79. The molecule has 1 fully saturated rings. The summed E-state index contributed by atoms with van der Waals surface area (Å²) in [5.41, 5.74) is 2.30. The van der Waals surface area contributed by atoms with Crippen molar-refractivity contribution in [2.24, 2.45) is 5.41 Å². The van der Waals surface area contributed by atoms with Crippen molar-refractivity contribution in [3.63, 3.8) is 0 Å². The standard InChI is InChI=1S/C36H35ClF3N9O4S/c1-20-4-13-25-26(16-20)54-33(44-25)45-29(52)28(51)42-18-34(2,3)17-41-27(50)21-5-11-24(12-6-21)43-30-46-31(48-32(47-30)53-19-36(38,39)40)49-35(14-15-35)22-7-9-23(37)10-8-22/h4-13,16H,14-15,17-19H2,1-3H3,(H,41,50)(H,42,51)(H,44,45,52)(H2,43,46,47,48,49). The number of aromatic nitrogens is 4. The number of ether oxygens (including phenoxy) is 1. The van der Waals surface area contributed by atoms with Gasteiger partial charge >= 0.3 is 24.0 Å². The Morgan fingerprint density at radius 1 is 0.870 bits per heavy atom. The topological polar surface area (TPSA) is 172 Å². The van der Waals surface area contributed by atoms with Crippen LogP contribution in [0.1, 0.15) is 48.2 Å². The van der Waals surface area contributed by atoms with Gasteiger partial charge in [-0.3, -0.25) is 19.7 Å².